The Balaban J connectivity index is 2.66. The summed E-state index contributed by atoms with van der Waals surface area (Å²) in [5.41, 5.74) is 0.889. The van der Waals surface area contributed by atoms with Crippen LogP contribution in [0.3, 0.4) is 0 Å². The Hall–Kier alpha value is -2.30. The van der Waals surface area contributed by atoms with Gasteiger partial charge < -0.3 is 14.8 Å². The maximum atomic E-state index is 10.6. The summed E-state index contributed by atoms with van der Waals surface area (Å²) in [4.78, 5) is 10.6. The van der Waals surface area contributed by atoms with Crippen molar-refractivity contribution in [3.05, 3.63) is 39.7 Å². The molecule has 1 aromatic carbocycles. The number of hydrogen-bond donors (Lipinski definition) is 2. The molecule has 3 rings (SSSR count). The minimum absolute atomic E-state index is 0.177. The maximum absolute atomic E-state index is 10.6. The smallest absolute Gasteiger partial charge is 0.208 e. The van der Waals surface area contributed by atoms with Crippen LogP contribution in [0.4, 0.5) is 0 Å². The first-order valence-electron chi connectivity index (χ1n) is 5.19. The highest BCUT2D eigenvalue weighted by molar-refractivity contribution is 5.86. The van der Waals surface area contributed by atoms with Crippen molar-refractivity contribution < 1.29 is 10.2 Å². The van der Waals surface area contributed by atoms with Crippen LogP contribution >= 0.6 is 0 Å². The van der Waals surface area contributed by atoms with Crippen molar-refractivity contribution >= 4 is 22.4 Å². The van der Waals surface area contributed by atoms with Gasteiger partial charge in [-0.1, -0.05) is 18.2 Å². The van der Waals surface area contributed by atoms with Crippen molar-refractivity contribution in [2.45, 2.75) is 6.04 Å². The number of benzene rings is 1. The highest BCUT2D eigenvalue weighted by Gasteiger charge is 2.30. The van der Waals surface area contributed by atoms with Crippen molar-refractivity contribution in [1.29, 1.82) is 0 Å². The number of hydrogen-bond acceptors (Lipinski definition) is 4. The van der Waals surface area contributed by atoms with E-state index in [9.17, 15) is 15.1 Å². The van der Waals surface area contributed by atoms with Crippen LogP contribution in [0, 0.1) is 4.91 Å². The van der Waals surface area contributed by atoms with Gasteiger partial charge in [-0.15, -0.1) is 4.91 Å². The number of fused-ring (bicyclic) bond motifs is 3. The molecule has 5 nitrogen and oxygen atoms in total. The van der Waals surface area contributed by atoms with Crippen LogP contribution in [-0.4, -0.2) is 20.8 Å². The van der Waals surface area contributed by atoms with Gasteiger partial charge in [0, 0.05) is 18.0 Å². The molecule has 0 saturated carbocycles. The molecule has 2 N–H and O–H groups in total. The lowest BCUT2D eigenvalue weighted by molar-refractivity contribution is 0.435. The highest BCUT2D eigenvalue weighted by atomic mass is 16.3. The first kappa shape index (κ1) is 9.89. The zero-order valence-electron chi connectivity index (χ0n) is 9.08. The zero-order valence-corrected chi connectivity index (χ0v) is 9.08. The Morgan fingerprint density at radius 1 is 1.24 bits per heavy atom. The summed E-state index contributed by atoms with van der Waals surface area (Å²) in [5, 5.41) is 24.4. The molecular weight excluding hydrogens is 220 g/mol. The minimum Gasteiger partial charge on any atom is -0.509 e. The molecule has 1 aliphatic carbocycles. The number of aryl methyl sites for hydroxylation is 1. The molecule has 17 heavy (non-hydrogen) atoms. The summed E-state index contributed by atoms with van der Waals surface area (Å²) in [6, 6.07) is 6.27. The molecule has 0 bridgehead atoms. The molecule has 5 heteroatoms. The van der Waals surface area contributed by atoms with Crippen molar-refractivity contribution in [2.24, 2.45) is 12.2 Å². The second-order valence-electron chi connectivity index (χ2n) is 4.08. The van der Waals surface area contributed by atoms with Gasteiger partial charge in [0.1, 0.15) is 5.76 Å². The van der Waals surface area contributed by atoms with Crippen LogP contribution in [0.2, 0.25) is 0 Å². The largest absolute Gasteiger partial charge is 0.509 e. The van der Waals surface area contributed by atoms with E-state index in [0.717, 1.165) is 10.9 Å². The van der Waals surface area contributed by atoms with Gasteiger partial charge >= 0.3 is 0 Å². The third kappa shape index (κ3) is 1.03. The van der Waals surface area contributed by atoms with E-state index in [1.54, 1.807) is 11.6 Å². The van der Waals surface area contributed by atoms with Crippen molar-refractivity contribution in [3.8, 4) is 0 Å². The number of aliphatic hydroxyl groups excluding tert-OH is 2. The Morgan fingerprint density at radius 3 is 2.65 bits per heavy atom. The van der Waals surface area contributed by atoms with Gasteiger partial charge in [0.2, 0.25) is 6.04 Å². The first-order chi connectivity index (χ1) is 8.16. The Kier molecular flexibility index (Phi) is 1.80. The van der Waals surface area contributed by atoms with Crippen molar-refractivity contribution in [2.75, 3.05) is 0 Å². The van der Waals surface area contributed by atoms with Crippen molar-refractivity contribution in [1.82, 2.24) is 4.57 Å². The number of aliphatic hydroxyl groups is 2. The van der Waals surface area contributed by atoms with Gasteiger partial charge in [0.15, 0.2) is 5.76 Å². The standard InChI is InChI=1S/C12H10N2O3/c1-14-7-5-3-2-4-6(7)8-10(14)12(16)9(13-17)11(8)15/h2-5,9,15-16H,1H3. The zero-order chi connectivity index (χ0) is 12.2. The number of rotatable bonds is 1. The molecule has 86 valence electrons. The van der Waals surface area contributed by atoms with Crippen LogP contribution in [0.15, 0.2) is 29.4 Å². The summed E-state index contributed by atoms with van der Waals surface area (Å²) in [5.74, 6) is -0.365. The van der Waals surface area contributed by atoms with Gasteiger partial charge in [0.05, 0.1) is 10.6 Å². The maximum Gasteiger partial charge on any atom is 0.208 e. The van der Waals surface area contributed by atoms with Crippen LogP contribution in [-0.2, 0) is 7.05 Å². The summed E-state index contributed by atoms with van der Waals surface area (Å²) in [7, 11) is 1.78. The molecule has 1 aromatic heterocycles. The average Bonchev–Trinajstić information content (AvgIpc) is 2.76. The highest BCUT2D eigenvalue weighted by Crippen LogP contribution is 2.18. The summed E-state index contributed by atoms with van der Waals surface area (Å²) >= 11 is 0. The predicted octanol–water partition coefficient (Wildman–Crippen LogP) is 0.659. The lowest BCUT2D eigenvalue weighted by atomic mass is 10.2. The average molecular weight is 230 g/mol. The Bertz CT molecular complexity index is 758. The van der Waals surface area contributed by atoms with E-state index in [4.69, 9.17) is 0 Å². The molecule has 1 aliphatic rings. The molecule has 2 aromatic rings. The Morgan fingerprint density at radius 2 is 1.94 bits per heavy atom. The van der Waals surface area contributed by atoms with Crippen LogP contribution in [0.25, 0.3) is 22.4 Å². The van der Waals surface area contributed by atoms with Crippen LogP contribution < -0.4 is 10.6 Å². The minimum atomic E-state index is -1.17. The van der Waals surface area contributed by atoms with Crippen LogP contribution in [0.5, 0.6) is 0 Å². The van der Waals surface area contributed by atoms with Gasteiger partial charge in [0.25, 0.3) is 0 Å². The number of para-hydroxylation sites is 1. The SMILES string of the molecule is Cn1c2c(c3ccccc31)=C(O)C(N=O)C=2O. The fraction of sp³-hybridized carbons (Fsp3) is 0.167. The molecule has 0 radical (unpaired) electrons. The lowest BCUT2D eigenvalue weighted by Gasteiger charge is -2.03. The summed E-state index contributed by atoms with van der Waals surface area (Å²) in [6.07, 6.45) is 0. The second-order valence-corrected chi connectivity index (χ2v) is 4.08. The van der Waals surface area contributed by atoms with Gasteiger partial charge in [-0.2, -0.15) is 0 Å². The summed E-state index contributed by atoms with van der Waals surface area (Å²) < 4.78 is 1.75. The van der Waals surface area contributed by atoms with Gasteiger partial charge in [-0.05, 0) is 11.2 Å². The summed E-state index contributed by atoms with van der Waals surface area (Å²) in [6.45, 7) is 0. The molecule has 1 unspecified atom stereocenters. The molecular formula is C12H10N2O3. The molecule has 0 aliphatic heterocycles. The topological polar surface area (TPSA) is 74.8 Å². The molecule has 0 spiro atoms. The molecule has 0 fully saturated rings. The van der Waals surface area contributed by atoms with E-state index in [1.807, 2.05) is 24.3 Å². The fourth-order valence-electron chi connectivity index (χ4n) is 2.45. The van der Waals surface area contributed by atoms with E-state index < -0.39 is 6.04 Å². The van der Waals surface area contributed by atoms with E-state index in [1.165, 1.54) is 0 Å². The fourth-order valence-corrected chi connectivity index (χ4v) is 2.45. The first-order valence-corrected chi connectivity index (χ1v) is 5.19. The number of nitrogens with zero attached hydrogens (tertiary/aromatic N) is 2. The molecule has 0 amide bonds. The lowest BCUT2D eigenvalue weighted by Crippen LogP contribution is -2.27. The molecule has 0 saturated heterocycles. The third-order valence-electron chi connectivity index (χ3n) is 3.23. The van der Waals surface area contributed by atoms with E-state index in [0.29, 0.717) is 10.6 Å². The van der Waals surface area contributed by atoms with Crippen LogP contribution in [0.1, 0.15) is 0 Å². The number of aromatic nitrogens is 1. The van der Waals surface area contributed by atoms with E-state index >= 15 is 0 Å². The molecule has 1 atom stereocenters. The predicted molar refractivity (Wildman–Crippen MR) is 63.8 cm³/mol. The normalized spacial score (nSPS) is 18.8. The Labute approximate surface area is 95.9 Å². The monoisotopic (exact) mass is 230 g/mol. The second kappa shape index (κ2) is 3.10. The quantitative estimate of drug-likeness (QED) is 0.707. The number of nitroso groups, excluding NO2 is 1. The van der Waals surface area contributed by atoms with Gasteiger partial charge in [-0.25, -0.2) is 0 Å². The van der Waals surface area contributed by atoms with E-state index in [-0.39, 0.29) is 11.5 Å². The third-order valence-corrected chi connectivity index (χ3v) is 3.23. The molecule has 1 heterocycles. The van der Waals surface area contributed by atoms with E-state index in [2.05, 4.69) is 5.18 Å². The van der Waals surface area contributed by atoms with Gasteiger partial charge in [-0.3, -0.25) is 0 Å². The van der Waals surface area contributed by atoms with Crippen molar-refractivity contribution in [3.63, 3.8) is 0 Å².